The quantitative estimate of drug-likeness (QED) is 0.387. The fraction of sp³-hybridized carbons (Fsp3) is 0.158. The number of amides is 1. The van der Waals surface area contributed by atoms with Crippen molar-refractivity contribution in [3.8, 4) is 0 Å². The van der Waals surface area contributed by atoms with Crippen LogP contribution in [0, 0.1) is 6.92 Å². The molecule has 0 spiro atoms. The van der Waals surface area contributed by atoms with Gasteiger partial charge in [-0.15, -0.1) is 10.2 Å². The Morgan fingerprint density at radius 3 is 2.70 bits per heavy atom. The van der Waals surface area contributed by atoms with Crippen molar-refractivity contribution < 1.29 is 9.36 Å². The van der Waals surface area contributed by atoms with Gasteiger partial charge in [0.1, 0.15) is 11.6 Å². The first-order valence-electron chi connectivity index (χ1n) is 8.46. The molecule has 4 rings (SSSR count). The Balaban J connectivity index is 1.53. The van der Waals surface area contributed by atoms with E-state index in [9.17, 15) is 4.79 Å². The van der Waals surface area contributed by atoms with Crippen LogP contribution in [-0.2, 0) is 11.3 Å². The number of thioether (sulfide) groups is 1. The molecule has 0 atom stereocenters. The van der Waals surface area contributed by atoms with E-state index < -0.39 is 0 Å². The molecule has 0 unspecified atom stereocenters. The summed E-state index contributed by atoms with van der Waals surface area (Å²) < 4.78 is 2.21. The number of carbonyl (C=O) groups is 1. The fourth-order valence-electron chi connectivity index (χ4n) is 2.78. The van der Waals surface area contributed by atoms with E-state index >= 15 is 0 Å². The van der Waals surface area contributed by atoms with Gasteiger partial charge in [0.2, 0.25) is 11.0 Å². The Morgan fingerprint density at radius 2 is 1.93 bits per heavy atom. The lowest BCUT2D eigenvalue weighted by molar-refractivity contribution is -0.700. The number of nitrogens with one attached hydrogen (secondary N) is 2. The molecule has 4 aromatic rings. The van der Waals surface area contributed by atoms with Crippen molar-refractivity contribution in [1.29, 1.82) is 0 Å². The van der Waals surface area contributed by atoms with Gasteiger partial charge in [-0.1, -0.05) is 53.8 Å². The van der Waals surface area contributed by atoms with Crippen molar-refractivity contribution in [2.45, 2.75) is 18.6 Å². The summed E-state index contributed by atoms with van der Waals surface area (Å²) in [5.41, 5.74) is 3.38. The molecule has 27 heavy (non-hydrogen) atoms. The lowest BCUT2D eigenvalue weighted by Crippen LogP contribution is -2.35. The highest BCUT2D eigenvalue weighted by Crippen LogP contribution is 2.20. The van der Waals surface area contributed by atoms with Crippen molar-refractivity contribution in [2.24, 2.45) is 0 Å². The first-order valence-corrected chi connectivity index (χ1v) is 10.3. The molecule has 0 saturated carbocycles. The number of hydrogen-bond acceptors (Lipinski definition) is 5. The van der Waals surface area contributed by atoms with Gasteiger partial charge in [-0.3, -0.25) is 10.1 Å². The molecule has 0 fully saturated rings. The molecular formula is C19H18N5OS2+. The number of hydrogen-bond donors (Lipinski definition) is 2. The first kappa shape index (κ1) is 17.7. The number of aryl methyl sites for hydroxylation is 1. The highest BCUT2D eigenvalue weighted by Gasteiger charge is 2.20. The highest BCUT2D eigenvalue weighted by molar-refractivity contribution is 7.99. The molecule has 136 valence electrons. The van der Waals surface area contributed by atoms with Gasteiger partial charge >= 0.3 is 5.16 Å². The van der Waals surface area contributed by atoms with Crippen LogP contribution in [0.3, 0.4) is 0 Å². The largest absolute Gasteiger partial charge is 0.317 e. The molecule has 2 aromatic carbocycles. The number of imidazole rings is 1. The van der Waals surface area contributed by atoms with Gasteiger partial charge in [0.25, 0.3) is 0 Å². The zero-order chi connectivity index (χ0) is 18.6. The predicted molar refractivity (Wildman–Crippen MR) is 108 cm³/mol. The summed E-state index contributed by atoms with van der Waals surface area (Å²) in [5, 5.41) is 13.0. The summed E-state index contributed by atoms with van der Waals surface area (Å²) in [5.74, 6) is 0.196. The van der Waals surface area contributed by atoms with Gasteiger partial charge in [0.15, 0.2) is 11.0 Å². The molecule has 2 N–H and O–H groups in total. The molecule has 0 radical (unpaired) electrons. The summed E-state index contributed by atoms with van der Waals surface area (Å²) in [7, 11) is 0. The minimum Gasteiger partial charge on any atom is -0.300 e. The molecule has 0 aliphatic heterocycles. The zero-order valence-corrected chi connectivity index (χ0v) is 16.3. The van der Waals surface area contributed by atoms with Crippen LogP contribution in [0.2, 0.25) is 0 Å². The maximum atomic E-state index is 12.3. The Bertz CT molecular complexity index is 1070. The summed E-state index contributed by atoms with van der Waals surface area (Å²) in [6, 6.07) is 18.5. The van der Waals surface area contributed by atoms with E-state index in [0.29, 0.717) is 10.9 Å². The van der Waals surface area contributed by atoms with Crippen LogP contribution in [0.4, 0.5) is 5.13 Å². The van der Waals surface area contributed by atoms with Crippen LogP contribution in [0.15, 0.2) is 59.8 Å². The molecular weight excluding hydrogens is 378 g/mol. The number of para-hydroxylation sites is 2. The number of carbonyl (C=O) groups excluding carboxylic acids is 1. The number of benzene rings is 2. The first-order chi connectivity index (χ1) is 13.2. The third-order valence-electron chi connectivity index (χ3n) is 3.98. The number of fused-ring (bicyclic) bond motifs is 1. The second-order valence-electron chi connectivity index (χ2n) is 5.98. The fourth-order valence-corrected chi connectivity index (χ4v) is 4.23. The lowest BCUT2D eigenvalue weighted by atomic mass is 10.2. The monoisotopic (exact) mass is 396 g/mol. The Labute approximate surface area is 164 Å². The molecule has 0 saturated heterocycles. The van der Waals surface area contributed by atoms with Gasteiger partial charge in [-0.25, -0.2) is 9.55 Å². The summed E-state index contributed by atoms with van der Waals surface area (Å²) in [6.07, 6.45) is 0. The molecule has 0 aliphatic carbocycles. The van der Waals surface area contributed by atoms with Gasteiger partial charge in [0, 0.05) is 0 Å². The normalized spacial score (nSPS) is 11.0. The van der Waals surface area contributed by atoms with Gasteiger partial charge in [-0.2, -0.15) is 0 Å². The van der Waals surface area contributed by atoms with Crippen molar-refractivity contribution in [2.75, 3.05) is 11.1 Å². The van der Waals surface area contributed by atoms with Gasteiger partial charge in [-0.05, 0) is 36.4 Å². The summed E-state index contributed by atoms with van der Waals surface area (Å²) >= 11 is 2.85. The number of aromatic nitrogens is 4. The van der Waals surface area contributed by atoms with Crippen molar-refractivity contribution in [3.63, 3.8) is 0 Å². The molecule has 8 heteroatoms. The van der Waals surface area contributed by atoms with Crippen LogP contribution in [0.1, 0.15) is 10.6 Å². The third kappa shape index (κ3) is 4.17. The predicted octanol–water partition coefficient (Wildman–Crippen LogP) is 3.39. The maximum Gasteiger partial charge on any atom is 0.317 e. The van der Waals surface area contributed by atoms with Crippen molar-refractivity contribution in [1.82, 2.24) is 15.2 Å². The van der Waals surface area contributed by atoms with E-state index in [1.807, 2.05) is 43.3 Å². The molecule has 0 aliphatic rings. The average Bonchev–Trinajstić information content (AvgIpc) is 3.24. The number of H-pyrrole nitrogens is 1. The average molecular weight is 397 g/mol. The smallest absolute Gasteiger partial charge is 0.300 e. The second kappa shape index (κ2) is 7.89. The number of anilines is 1. The molecule has 2 aromatic heterocycles. The Morgan fingerprint density at radius 1 is 1.15 bits per heavy atom. The summed E-state index contributed by atoms with van der Waals surface area (Å²) in [4.78, 5) is 15.7. The van der Waals surface area contributed by atoms with Crippen LogP contribution in [-0.4, -0.2) is 26.8 Å². The molecule has 2 heterocycles. The lowest BCUT2D eigenvalue weighted by Gasteiger charge is -2.03. The Hall–Kier alpha value is -2.71. The standard InChI is InChI=1S/C19H17N5OS2/c1-13-22-23-18(27-13)21-17(25)12-26-19-20-15-9-5-6-10-16(15)24(19)11-14-7-3-2-4-8-14/h2-10H,11-12H2,1H3,(H,21,23,25)/p+1. The molecule has 6 nitrogen and oxygen atoms in total. The van der Waals surface area contributed by atoms with E-state index in [-0.39, 0.29) is 5.91 Å². The van der Waals surface area contributed by atoms with E-state index in [1.54, 1.807) is 0 Å². The van der Waals surface area contributed by atoms with Gasteiger partial charge in [0.05, 0.1) is 5.75 Å². The van der Waals surface area contributed by atoms with E-state index in [4.69, 9.17) is 0 Å². The third-order valence-corrected chi connectivity index (χ3v) is 5.73. The summed E-state index contributed by atoms with van der Waals surface area (Å²) in [6.45, 7) is 2.60. The van der Waals surface area contributed by atoms with E-state index in [0.717, 1.165) is 27.7 Å². The minimum absolute atomic E-state index is 0.0962. The topological polar surface area (TPSA) is 74.5 Å². The second-order valence-corrected chi connectivity index (χ2v) is 8.13. The number of rotatable bonds is 6. The van der Waals surface area contributed by atoms with Crippen LogP contribution in [0.5, 0.6) is 0 Å². The van der Waals surface area contributed by atoms with E-state index in [2.05, 4.69) is 43.3 Å². The van der Waals surface area contributed by atoms with Crippen molar-refractivity contribution >= 4 is 45.2 Å². The SMILES string of the molecule is Cc1nnc(NC(=O)CSc2[nH]c3ccccc3[n+]2Cc2ccccc2)s1. The Kier molecular flexibility index (Phi) is 5.17. The highest BCUT2D eigenvalue weighted by atomic mass is 32.2. The minimum atomic E-state index is -0.0962. The number of nitrogens with zero attached hydrogens (tertiary/aromatic N) is 3. The zero-order valence-electron chi connectivity index (χ0n) is 14.7. The van der Waals surface area contributed by atoms with Crippen molar-refractivity contribution in [3.05, 3.63) is 65.2 Å². The molecule has 0 bridgehead atoms. The van der Waals surface area contributed by atoms with Crippen LogP contribution >= 0.6 is 23.1 Å². The van der Waals surface area contributed by atoms with Gasteiger partial charge < -0.3 is 0 Å². The maximum absolute atomic E-state index is 12.3. The molecule has 1 amide bonds. The number of aromatic amines is 1. The van der Waals surface area contributed by atoms with Crippen LogP contribution < -0.4 is 9.88 Å². The van der Waals surface area contributed by atoms with Crippen LogP contribution in [0.25, 0.3) is 11.0 Å². The van der Waals surface area contributed by atoms with E-state index in [1.165, 1.54) is 28.7 Å².